The molecule has 1 rings (SSSR count). The Bertz CT molecular complexity index is 353. The number of hydrogen-bond acceptors (Lipinski definition) is 3. The number of carbonyl (C=O) groups is 1. The van der Waals surface area contributed by atoms with E-state index in [9.17, 15) is 4.79 Å². The number of unbranched alkanes of at least 4 members (excludes halogenated alkanes) is 1. The summed E-state index contributed by atoms with van der Waals surface area (Å²) in [5.74, 6) is 0.00356. The van der Waals surface area contributed by atoms with Crippen LogP contribution < -0.4 is 11.1 Å². The summed E-state index contributed by atoms with van der Waals surface area (Å²) in [6.07, 6.45) is 1.90. The third kappa shape index (κ3) is 4.97. The van der Waals surface area contributed by atoms with Crippen LogP contribution in [0.2, 0.25) is 0 Å². The lowest BCUT2D eigenvalue weighted by Crippen LogP contribution is -2.26. The van der Waals surface area contributed by atoms with Crippen LogP contribution in [0.3, 0.4) is 0 Å². The second kappa shape index (κ2) is 7.81. The maximum atomic E-state index is 11.6. The Kier molecular flexibility index (Phi) is 6.29. The van der Waals surface area contributed by atoms with E-state index in [1.165, 1.54) is 0 Å². The number of amides is 1. The van der Waals surface area contributed by atoms with Gasteiger partial charge in [-0.2, -0.15) is 0 Å². The molecule has 1 amide bonds. The van der Waals surface area contributed by atoms with Gasteiger partial charge in [-0.15, -0.1) is 0 Å². The van der Waals surface area contributed by atoms with E-state index in [1.54, 1.807) is 0 Å². The third-order valence-corrected chi connectivity index (χ3v) is 2.60. The maximum absolute atomic E-state index is 11.6. The van der Waals surface area contributed by atoms with E-state index in [1.807, 2.05) is 24.3 Å². The van der Waals surface area contributed by atoms with Gasteiger partial charge in [-0.25, -0.2) is 0 Å². The summed E-state index contributed by atoms with van der Waals surface area (Å²) in [6, 6.07) is 7.70. The lowest BCUT2D eigenvalue weighted by atomic mass is 10.0. The summed E-state index contributed by atoms with van der Waals surface area (Å²) in [6.45, 7) is 1.24. The summed E-state index contributed by atoms with van der Waals surface area (Å²) in [7, 11) is 0. The van der Waals surface area contributed by atoms with E-state index in [4.69, 9.17) is 10.8 Å². The fourth-order valence-electron chi connectivity index (χ4n) is 1.63. The molecule has 4 nitrogen and oxygen atoms in total. The van der Waals surface area contributed by atoms with E-state index in [0.29, 0.717) is 19.5 Å². The van der Waals surface area contributed by atoms with Crippen LogP contribution in [-0.4, -0.2) is 24.2 Å². The van der Waals surface area contributed by atoms with Gasteiger partial charge in [-0.05, 0) is 24.0 Å². The summed E-state index contributed by atoms with van der Waals surface area (Å²) >= 11 is 0. The van der Waals surface area contributed by atoms with Gasteiger partial charge in [0.25, 0.3) is 0 Å². The standard InChI is InChI=1S/C13H20N2O2/c14-10-12-6-2-1-5-11(12)9-13(17)15-7-3-4-8-16/h1-2,5-6,16H,3-4,7-10,14H2,(H,15,17). The molecule has 0 fully saturated rings. The molecule has 1 aromatic rings. The number of benzene rings is 1. The van der Waals surface area contributed by atoms with Crippen molar-refractivity contribution < 1.29 is 9.90 Å². The van der Waals surface area contributed by atoms with Gasteiger partial charge in [0, 0.05) is 19.7 Å². The number of hydrogen-bond donors (Lipinski definition) is 3. The van der Waals surface area contributed by atoms with E-state index in [-0.39, 0.29) is 12.5 Å². The van der Waals surface area contributed by atoms with Gasteiger partial charge in [-0.3, -0.25) is 4.79 Å². The molecule has 94 valence electrons. The van der Waals surface area contributed by atoms with Crippen molar-refractivity contribution in [3.63, 3.8) is 0 Å². The normalized spacial score (nSPS) is 10.2. The molecule has 0 radical (unpaired) electrons. The highest BCUT2D eigenvalue weighted by Gasteiger charge is 2.05. The third-order valence-electron chi connectivity index (χ3n) is 2.60. The van der Waals surface area contributed by atoms with E-state index >= 15 is 0 Å². The Balaban J connectivity index is 2.39. The van der Waals surface area contributed by atoms with Gasteiger partial charge in [0.2, 0.25) is 5.91 Å². The minimum absolute atomic E-state index is 0.00356. The lowest BCUT2D eigenvalue weighted by molar-refractivity contribution is -0.120. The summed E-state index contributed by atoms with van der Waals surface area (Å²) in [4.78, 5) is 11.6. The zero-order valence-corrected chi connectivity index (χ0v) is 9.98. The van der Waals surface area contributed by atoms with Gasteiger partial charge < -0.3 is 16.2 Å². The Morgan fingerprint density at radius 2 is 1.94 bits per heavy atom. The Hall–Kier alpha value is -1.39. The highest BCUT2D eigenvalue weighted by molar-refractivity contribution is 5.78. The molecule has 0 unspecified atom stereocenters. The molecule has 0 bridgehead atoms. The minimum atomic E-state index is 0.00356. The maximum Gasteiger partial charge on any atom is 0.224 e. The first kappa shape index (κ1) is 13.7. The van der Waals surface area contributed by atoms with Crippen molar-refractivity contribution in [2.45, 2.75) is 25.8 Å². The van der Waals surface area contributed by atoms with Crippen LogP contribution in [0.5, 0.6) is 0 Å². The first-order valence-corrected chi connectivity index (χ1v) is 5.92. The second-order valence-corrected chi connectivity index (χ2v) is 3.93. The number of rotatable bonds is 7. The molecule has 0 aliphatic rings. The van der Waals surface area contributed by atoms with Crippen molar-refractivity contribution in [3.8, 4) is 0 Å². The molecule has 0 atom stereocenters. The number of nitrogens with two attached hydrogens (primary N) is 1. The van der Waals surface area contributed by atoms with Crippen molar-refractivity contribution in [1.82, 2.24) is 5.32 Å². The fourth-order valence-corrected chi connectivity index (χ4v) is 1.63. The van der Waals surface area contributed by atoms with Gasteiger partial charge in [-0.1, -0.05) is 24.3 Å². The number of carbonyl (C=O) groups excluding carboxylic acids is 1. The van der Waals surface area contributed by atoms with Gasteiger partial charge in [0.1, 0.15) is 0 Å². The van der Waals surface area contributed by atoms with Crippen molar-refractivity contribution in [3.05, 3.63) is 35.4 Å². The Morgan fingerprint density at radius 3 is 2.59 bits per heavy atom. The van der Waals surface area contributed by atoms with Crippen LogP contribution in [0.25, 0.3) is 0 Å². The molecule has 0 spiro atoms. The van der Waals surface area contributed by atoms with Crippen molar-refractivity contribution >= 4 is 5.91 Å². The zero-order chi connectivity index (χ0) is 12.5. The largest absolute Gasteiger partial charge is 0.396 e. The lowest BCUT2D eigenvalue weighted by Gasteiger charge is -2.08. The van der Waals surface area contributed by atoms with Gasteiger partial charge >= 0.3 is 0 Å². The molecule has 0 aliphatic carbocycles. The highest BCUT2D eigenvalue weighted by Crippen LogP contribution is 2.08. The number of aliphatic hydroxyl groups excluding tert-OH is 1. The van der Waals surface area contributed by atoms with Crippen molar-refractivity contribution in [2.75, 3.05) is 13.2 Å². The smallest absolute Gasteiger partial charge is 0.224 e. The minimum Gasteiger partial charge on any atom is -0.396 e. The quantitative estimate of drug-likeness (QED) is 0.606. The molecular formula is C13H20N2O2. The summed E-state index contributed by atoms with van der Waals surface area (Å²) in [5, 5.41) is 11.4. The molecular weight excluding hydrogens is 216 g/mol. The second-order valence-electron chi connectivity index (χ2n) is 3.93. The van der Waals surface area contributed by atoms with Crippen LogP contribution in [0.4, 0.5) is 0 Å². The number of nitrogens with one attached hydrogen (secondary N) is 1. The van der Waals surface area contributed by atoms with E-state index in [0.717, 1.165) is 24.0 Å². The van der Waals surface area contributed by atoms with Crippen LogP contribution in [0, 0.1) is 0 Å². The molecule has 4 N–H and O–H groups in total. The van der Waals surface area contributed by atoms with Crippen LogP contribution in [0.1, 0.15) is 24.0 Å². The first-order valence-electron chi connectivity index (χ1n) is 5.92. The molecule has 0 heterocycles. The van der Waals surface area contributed by atoms with E-state index in [2.05, 4.69) is 5.32 Å². The number of aliphatic hydroxyl groups is 1. The van der Waals surface area contributed by atoms with Crippen molar-refractivity contribution in [2.24, 2.45) is 5.73 Å². The van der Waals surface area contributed by atoms with Crippen molar-refractivity contribution in [1.29, 1.82) is 0 Å². The van der Waals surface area contributed by atoms with Crippen LogP contribution in [0.15, 0.2) is 24.3 Å². The molecule has 0 aliphatic heterocycles. The predicted octanol–water partition coefficient (Wildman–Crippen LogP) is 0.576. The topological polar surface area (TPSA) is 75.4 Å². The van der Waals surface area contributed by atoms with Crippen LogP contribution >= 0.6 is 0 Å². The molecule has 1 aromatic carbocycles. The van der Waals surface area contributed by atoms with Gasteiger partial charge in [0.05, 0.1) is 6.42 Å². The SMILES string of the molecule is NCc1ccccc1CC(=O)NCCCCO. The Labute approximate surface area is 102 Å². The molecule has 4 heteroatoms. The fraction of sp³-hybridized carbons (Fsp3) is 0.462. The molecule has 0 saturated carbocycles. The first-order chi connectivity index (χ1) is 8.27. The Morgan fingerprint density at radius 1 is 1.24 bits per heavy atom. The highest BCUT2D eigenvalue weighted by atomic mass is 16.2. The monoisotopic (exact) mass is 236 g/mol. The zero-order valence-electron chi connectivity index (χ0n) is 9.98. The molecule has 17 heavy (non-hydrogen) atoms. The predicted molar refractivity (Wildman–Crippen MR) is 67.4 cm³/mol. The molecule has 0 saturated heterocycles. The summed E-state index contributed by atoms with van der Waals surface area (Å²) < 4.78 is 0. The van der Waals surface area contributed by atoms with E-state index < -0.39 is 0 Å². The average molecular weight is 236 g/mol. The van der Waals surface area contributed by atoms with Crippen LogP contribution in [-0.2, 0) is 17.8 Å². The van der Waals surface area contributed by atoms with Gasteiger partial charge in [0.15, 0.2) is 0 Å². The molecule has 0 aromatic heterocycles. The summed E-state index contributed by atoms with van der Waals surface area (Å²) in [5.41, 5.74) is 7.60. The average Bonchev–Trinajstić information content (AvgIpc) is 2.35.